The number of benzene rings is 1. The Bertz CT molecular complexity index is 674. The molecule has 0 amide bonds. The lowest BCUT2D eigenvalue weighted by Gasteiger charge is -2.02. The molecule has 0 saturated heterocycles. The van der Waals surface area contributed by atoms with Crippen LogP contribution in [0.5, 0.6) is 0 Å². The molecule has 1 aromatic carbocycles. The molecule has 1 N–H and O–H groups in total. The number of halogens is 3. The van der Waals surface area contributed by atoms with E-state index in [1.165, 1.54) is 0 Å². The average molecular weight is 285 g/mol. The Labute approximate surface area is 111 Å². The van der Waals surface area contributed by atoms with E-state index >= 15 is 0 Å². The maximum atomic E-state index is 12.7. The van der Waals surface area contributed by atoms with Crippen molar-refractivity contribution in [2.75, 3.05) is 0 Å². The van der Waals surface area contributed by atoms with E-state index in [9.17, 15) is 18.0 Å². The molecule has 0 spiro atoms. The quantitative estimate of drug-likeness (QED) is 0.914. The highest BCUT2D eigenvalue weighted by molar-refractivity contribution is 5.86. The van der Waals surface area contributed by atoms with Crippen molar-refractivity contribution in [1.82, 2.24) is 4.98 Å². The standard InChI is InChI=1S/C13H10F3NO3/c1-6-3-4-8(7(2)5-6)11-17-10(13(14,15)16)9(20-11)12(18)19/h3-5H,1-2H3,(H,18,19). The van der Waals surface area contributed by atoms with Gasteiger partial charge in [-0.3, -0.25) is 0 Å². The molecular formula is C13H10F3NO3. The number of oxazole rings is 1. The third-order valence-corrected chi connectivity index (χ3v) is 2.70. The highest BCUT2D eigenvalue weighted by Gasteiger charge is 2.41. The van der Waals surface area contributed by atoms with Crippen LogP contribution in [0.4, 0.5) is 13.2 Å². The fraction of sp³-hybridized carbons (Fsp3) is 0.231. The van der Waals surface area contributed by atoms with Crippen LogP contribution in [0.15, 0.2) is 22.6 Å². The van der Waals surface area contributed by atoms with Crippen molar-refractivity contribution < 1.29 is 27.5 Å². The first-order valence-electron chi connectivity index (χ1n) is 5.59. The van der Waals surface area contributed by atoms with Crippen molar-refractivity contribution in [2.45, 2.75) is 20.0 Å². The second-order valence-corrected chi connectivity index (χ2v) is 4.32. The van der Waals surface area contributed by atoms with E-state index in [1.54, 1.807) is 25.1 Å². The minimum absolute atomic E-state index is 0.327. The molecule has 2 aromatic rings. The molecule has 0 aliphatic rings. The van der Waals surface area contributed by atoms with E-state index in [-0.39, 0.29) is 5.89 Å². The maximum absolute atomic E-state index is 12.7. The van der Waals surface area contributed by atoms with E-state index in [1.807, 2.05) is 6.92 Å². The molecule has 0 unspecified atom stereocenters. The van der Waals surface area contributed by atoms with Crippen LogP contribution in [0.3, 0.4) is 0 Å². The predicted molar refractivity (Wildman–Crippen MR) is 63.4 cm³/mol. The zero-order valence-electron chi connectivity index (χ0n) is 10.6. The van der Waals surface area contributed by atoms with Gasteiger partial charge in [0.05, 0.1) is 0 Å². The van der Waals surface area contributed by atoms with Gasteiger partial charge >= 0.3 is 12.1 Å². The molecule has 1 aromatic heterocycles. The minimum Gasteiger partial charge on any atom is -0.475 e. The van der Waals surface area contributed by atoms with Gasteiger partial charge in [-0.15, -0.1) is 0 Å². The van der Waals surface area contributed by atoms with Gasteiger partial charge in [-0.05, 0) is 25.5 Å². The number of aryl methyl sites for hydroxylation is 2. The van der Waals surface area contributed by atoms with E-state index in [4.69, 9.17) is 9.52 Å². The molecule has 0 aliphatic heterocycles. The third-order valence-electron chi connectivity index (χ3n) is 2.70. The molecular weight excluding hydrogens is 275 g/mol. The second-order valence-electron chi connectivity index (χ2n) is 4.32. The molecule has 4 nitrogen and oxygen atoms in total. The Kier molecular flexibility index (Phi) is 3.29. The van der Waals surface area contributed by atoms with Crippen LogP contribution in [-0.2, 0) is 6.18 Å². The lowest BCUT2D eigenvalue weighted by molar-refractivity contribution is -0.141. The van der Waals surface area contributed by atoms with Crippen molar-refractivity contribution in [2.24, 2.45) is 0 Å². The Morgan fingerprint density at radius 1 is 1.30 bits per heavy atom. The zero-order chi connectivity index (χ0) is 15.1. The van der Waals surface area contributed by atoms with Crippen LogP contribution in [0, 0.1) is 13.8 Å². The van der Waals surface area contributed by atoms with Crippen molar-refractivity contribution in [1.29, 1.82) is 0 Å². The first kappa shape index (κ1) is 14.1. The van der Waals surface area contributed by atoms with E-state index in [0.29, 0.717) is 11.1 Å². The molecule has 0 fully saturated rings. The number of hydrogen-bond donors (Lipinski definition) is 1. The van der Waals surface area contributed by atoms with E-state index < -0.39 is 23.6 Å². The first-order chi connectivity index (χ1) is 9.20. The molecule has 20 heavy (non-hydrogen) atoms. The molecule has 1 heterocycles. The van der Waals surface area contributed by atoms with Gasteiger partial charge in [0.25, 0.3) is 0 Å². The number of carboxylic acid groups (broad SMARTS) is 1. The fourth-order valence-corrected chi connectivity index (χ4v) is 1.83. The summed E-state index contributed by atoms with van der Waals surface area (Å²) in [4.78, 5) is 14.1. The van der Waals surface area contributed by atoms with Crippen LogP contribution < -0.4 is 0 Å². The number of nitrogens with zero attached hydrogens (tertiary/aromatic N) is 1. The fourth-order valence-electron chi connectivity index (χ4n) is 1.83. The smallest absolute Gasteiger partial charge is 0.437 e. The summed E-state index contributed by atoms with van der Waals surface area (Å²) < 4.78 is 42.9. The van der Waals surface area contributed by atoms with Gasteiger partial charge in [-0.2, -0.15) is 13.2 Å². The van der Waals surface area contributed by atoms with Crippen molar-refractivity contribution >= 4 is 5.97 Å². The van der Waals surface area contributed by atoms with Crippen molar-refractivity contribution in [3.05, 3.63) is 40.8 Å². The van der Waals surface area contributed by atoms with Crippen LogP contribution in [0.2, 0.25) is 0 Å². The Hall–Kier alpha value is -2.31. The van der Waals surface area contributed by atoms with Gasteiger partial charge in [0.15, 0.2) is 5.69 Å². The molecule has 7 heteroatoms. The highest BCUT2D eigenvalue weighted by atomic mass is 19.4. The second kappa shape index (κ2) is 4.66. The van der Waals surface area contributed by atoms with Crippen LogP contribution in [0.25, 0.3) is 11.5 Å². The number of alkyl halides is 3. The molecule has 106 valence electrons. The normalized spacial score (nSPS) is 11.7. The first-order valence-corrected chi connectivity index (χ1v) is 5.59. The summed E-state index contributed by atoms with van der Waals surface area (Å²) in [6, 6.07) is 4.97. The lowest BCUT2D eigenvalue weighted by atomic mass is 10.1. The largest absolute Gasteiger partial charge is 0.475 e. The zero-order valence-corrected chi connectivity index (χ0v) is 10.6. The number of carboxylic acids is 1. The minimum atomic E-state index is -4.88. The van der Waals surface area contributed by atoms with Crippen LogP contribution in [-0.4, -0.2) is 16.1 Å². The monoisotopic (exact) mass is 285 g/mol. The summed E-state index contributed by atoms with van der Waals surface area (Å²) >= 11 is 0. The molecule has 0 atom stereocenters. The molecule has 0 saturated carbocycles. The maximum Gasteiger partial charge on any atom is 0.437 e. The Balaban J connectivity index is 2.62. The van der Waals surface area contributed by atoms with Crippen molar-refractivity contribution in [3.63, 3.8) is 0 Å². The number of rotatable bonds is 2. The van der Waals surface area contributed by atoms with Gasteiger partial charge in [0.1, 0.15) is 0 Å². The number of aromatic nitrogens is 1. The van der Waals surface area contributed by atoms with E-state index in [2.05, 4.69) is 4.98 Å². The summed E-state index contributed by atoms with van der Waals surface area (Å²) in [7, 11) is 0. The molecule has 2 rings (SSSR count). The summed E-state index contributed by atoms with van der Waals surface area (Å²) in [6.45, 7) is 3.51. The Morgan fingerprint density at radius 2 is 1.95 bits per heavy atom. The van der Waals surface area contributed by atoms with Crippen LogP contribution >= 0.6 is 0 Å². The molecule has 0 aliphatic carbocycles. The van der Waals surface area contributed by atoms with Gasteiger partial charge in [-0.1, -0.05) is 17.7 Å². The van der Waals surface area contributed by atoms with Crippen LogP contribution in [0.1, 0.15) is 27.4 Å². The van der Waals surface area contributed by atoms with Gasteiger partial charge in [-0.25, -0.2) is 9.78 Å². The topological polar surface area (TPSA) is 63.3 Å². The Morgan fingerprint density at radius 3 is 2.40 bits per heavy atom. The number of hydrogen-bond acceptors (Lipinski definition) is 3. The van der Waals surface area contributed by atoms with E-state index in [0.717, 1.165) is 5.56 Å². The number of carbonyl (C=O) groups is 1. The summed E-state index contributed by atoms with van der Waals surface area (Å²) in [5.74, 6) is -3.36. The predicted octanol–water partition coefficient (Wildman–Crippen LogP) is 3.68. The SMILES string of the molecule is Cc1ccc(-c2nc(C(F)(F)F)c(C(=O)O)o2)c(C)c1. The highest BCUT2D eigenvalue weighted by Crippen LogP contribution is 2.35. The summed E-state index contributed by atoms with van der Waals surface area (Å²) in [6.07, 6.45) is -4.88. The summed E-state index contributed by atoms with van der Waals surface area (Å²) in [5, 5.41) is 8.77. The third kappa shape index (κ3) is 2.52. The average Bonchev–Trinajstić information content (AvgIpc) is 2.73. The van der Waals surface area contributed by atoms with Gasteiger partial charge in [0.2, 0.25) is 11.7 Å². The number of aromatic carboxylic acids is 1. The molecule has 0 bridgehead atoms. The molecule has 0 radical (unpaired) electrons. The lowest BCUT2D eigenvalue weighted by Crippen LogP contribution is -2.11. The van der Waals surface area contributed by atoms with Gasteiger partial charge in [0, 0.05) is 5.56 Å². The van der Waals surface area contributed by atoms with Crippen molar-refractivity contribution in [3.8, 4) is 11.5 Å². The van der Waals surface area contributed by atoms with Gasteiger partial charge < -0.3 is 9.52 Å². The summed E-state index contributed by atoms with van der Waals surface area (Å²) in [5.41, 5.74) is 0.373.